The van der Waals surface area contributed by atoms with Gasteiger partial charge in [0.15, 0.2) is 5.96 Å². The summed E-state index contributed by atoms with van der Waals surface area (Å²) in [5, 5.41) is 6.54. The summed E-state index contributed by atoms with van der Waals surface area (Å²) < 4.78 is 0. The van der Waals surface area contributed by atoms with Crippen molar-refractivity contribution in [3.63, 3.8) is 0 Å². The van der Waals surface area contributed by atoms with Crippen LogP contribution in [-0.4, -0.2) is 24.8 Å². The number of allylic oxidation sites excluding steroid dienone is 4. The van der Waals surface area contributed by atoms with Gasteiger partial charge in [0.25, 0.3) is 0 Å². The Bertz CT molecular complexity index is 1250. The molecule has 5 rings (SSSR count). The third-order valence-corrected chi connectivity index (χ3v) is 6.67. The minimum atomic E-state index is -0.645. The Morgan fingerprint density at radius 3 is 2.32 bits per heavy atom. The molecule has 0 radical (unpaired) electrons. The molecule has 4 nitrogen and oxygen atoms in total. The quantitative estimate of drug-likeness (QED) is 0.488. The van der Waals surface area contributed by atoms with Gasteiger partial charge in [0.2, 0.25) is 0 Å². The lowest BCUT2D eigenvalue weighted by Crippen LogP contribution is -2.35. The second-order valence-corrected chi connectivity index (χ2v) is 8.78. The number of guanidine groups is 1. The topological polar surface area (TPSA) is 53.5 Å². The zero-order valence-corrected chi connectivity index (χ0v) is 19.4. The Kier molecular flexibility index (Phi) is 6.13. The van der Waals surface area contributed by atoms with Crippen molar-refractivity contribution in [3.8, 4) is 11.1 Å². The van der Waals surface area contributed by atoms with Gasteiger partial charge in [-0.3, -0.25) is 9.79 Å². The molecule has 1 aliphatic carbocycles. The maximum absolute atomic E-state index is 13.4. The number of benzene rings is 3. The predicted molar refractivity (Wildman–Crippen MR) is 141 cm³/mol. The van der Waals surface area contributed by atoms with E-state index in [9.17, 15) is 4.79 Å². The van der Waals surface area contributed by atoms with Crippen LogP contribution >= 0.6 is 0 Å². The molecule has 1 unspecified atom stereocenters. The van der Waals surface area contributed by atoms with E-state index in [-0.39, 0.29) is 5.78 Å². The number of hydrogen-bond donors (Lipinski definition) is 2. The van der Waals surface area contributed by atoms with Crippen molar-refractivity contribution in [1.29, 1.82) is 0 Å². The highest BCUT2D eigenvalue weighted by Gasteiger charge is 2.38. The van der Waals surface area contributed by atoms with Crippen molar-refractivity contribution in [2.45, 2.75) is 25.2 Å². The lowest BCUT2D eigenvalue weighted by Gasteiger charge is -2.33. The summed E-state index contributed by atoms with van der Waals surface area (Å²) in [7, 11) is 0. The van der Waals surface area contributed by atoms with E-state index in [4.69, 9.17) is 0 Å². The van der Waals surface area contributed by atoms with Gasteiger partial charge in [-0.2, -0.15) is 0 Å². The second kappa shape index (κ2) is 9.52. The number of Topliss-reactive ketones (excluding diaryl/α,β-unsaturated/α-hetero) is 1. The molecule has 1 aliphatic heterocycles. The van der Waals surface area contributed by atoms with E-state index in [1.807, 2.05) is 31.2 Å². The molecule has 2 aliphatic rings. The number of nitrogens with one attached hydrogen (secondary N) is 2. The normalized spacial score (nSPS) is 19.2. The van der Waals surface area contributed by atoms with Gasteiger partial charge in [-0.15, -0.1) is 0 Å². The smallest absolute Gasteiger partial charge is 0.195 e. The molecule has 0 aromatic heterocycles. The van der Waals surface area contributed by atoms with Gasteiger partial charge in [-0.1, -0.05) is 91.9 Å². The molecule has 2 N–H and O–H groups in total. The first-order valence-corrected chi connectivity index (χ1v) is 11.9. The number of ketones is 1. The first kappa shape index (κ1) is 21.9. The molecular weight excluding hydrogens is 418 g/mol. The molecular formula is C30H29N3O. The van der Waals surface area contributed by atoms with Gasteiger partial charge in [0.1, 0.15) is 5.78 Å². The van der Waals surface area contributed by atoms with Crippen LogP contribution in [0.3, 0.4) is 0 Å². The average molecular weight is 448 g/mol. The van der Waals surface area contributed by atoms with Gasteiger partial charge in [-0.05, 0) is 46.4 Å². The summed E-state index contributed by atoms with van der Waals surface area (Å²) in [4.78, 5) is 17.7. The van der Waals surface area contributed by atoms with Crippen LogP contribution in [0.5, 0.6) is 0 Å². The molecule has 0 amide bonds. The van der Waals surface area contributed by atoms with Gasteiger partial charge >= 0.3 is 0 Å². The zero-order chi connectivity index (χ0) is 23.4. The van der Waals surface area contributed by atoms with Crippen molar-refractivity contribution < 1.29 is 4.79 Å². The average Bonchev–Trinajstić information content (AvgIpc) is 3.42. The van der Waals surface area contributed by atoms with Crippen LogP contribution in [-0.2, 0) is 10.2 Å². The van der Waals surface area contributed by atoms with Crippen molar-refractivity contribution >= 4 is 23.0 Å². The number of nitrogens with zero attached hydrogens (tertiary/aromatic N) is 1. The van der Waals surface area contributed by atoms with Crippen LogP contribution in [0.1, 0.15) is 30.9 Å². The van der Waals surface area contributed by atoms with Crippen molar-refractivity contribution in [3.05, 3.63) is 108 Å². The summed E-state index contributed by atoms with van der Waals surface area (Å²) in [6.07, 6.45) is 7.41. The highest BCUT2D eigenvalue weighted by atomic mass is 16.1. The highest BCUT2D eigenvalue weighted by Crippen LogP contribution is 2.41. The lowest BCUT2D eigenvalue weighted by molar-refractivity contribution is -0.122. The zero-order valence-electron chi connectivity index (χ0n) is 19.4. The summed E-state index contributed by atoms with van der Waals surface area (Å²) in [6, 6.07) is 27.2. The number of carbonyl (C=O) groups is 1. The Morgan fingerprint density at radius 1 is 0.941 bits per heavy atom. The van der Waals surface area contributed by atoms with E-state index in [1.165, 1.54) is 11.1 Å². The fraction of sp³-hybridized carbons (Fsp3) is 0.200. The SMILES string of the molecule is CCC(=O)C1(c2ccc(-c3ccccc3)cc2)C=CC=C(c2ccc(NC3=NCCN3)cc2)C1. The van der Waals surface area contributed by atoms with Crippen LogP contribution in [0.4, 0.5) is 5.69 Å². The summed E-state index contributed by atoms with van der Waals surface area (Å²) >= 11 is 0. The molecule has 1 heterocycles. The number of anilines is 1. The van der Waals surface area contributed by atoms with E-state index >= 15 is 0 Å². The molecule has 0 fully saturated rings. The van der Waals surface area contributed by atoms with Gasteiger partial charge in [-0.25, -0.2) is 0 Å². The standard InChI is InChI=1S/C30H29N3O/c1-2-28(34)30(26-14-10-23(11-15-26)22-7-4-3-5-8-22)18-6-9-25(21-30)24-12-16-27(17-13-24)33-29-31-19-20-32-29/h3-18H,2,19-21H2,1H3,(H2,31,32,33). The van der Waals surface area contributed by atoms with E-state index in [1.54, 1.807) is 0 Å². The van der Waals surface area contributed by atoms with Crippen LogP contribution in [0.25, 0.3) is 16.7 Å². The van der Waals surface area contributed by atoms with Gasteiger partial charge in [0, 0.05) is 18.7 Å². The molecule has 3 aromatic carbocycles. The van der Waals surface area contributed by atoms with E-state index in [0.29, 0.717) is 12.8 Å². The molecule has 1 atom stereocenters. The third-order valence-electron chi connectivity index (χ3n) is 6.67. The largest absolute Gasteiger partial charge is 0.354 e. The Hall–Kier alpha value is -3.92. The lowest BCUT2D eigenvalue weighted by atomic mass is 9.68. The Morgan fingerprint density at radius 2 is 1.65 bits per heavy atom. The molecule has 170 valence electrons. The Balaban J connectivity index is 1.41. The molecule has 0 saturated carbocycles. The first-order valence-electron chi connectivity index (χ1n) is 11.9. The maximum atomic E-state index is 13.4. The number of hydrogen-bond acceptors (Lipinski definition) is 4. The Labute approximate surface area is 201 Å². The van der Waals surface area contributed by atoms with E-state index in [2.05, 4.69) is 88.4 Å². The number of aliphatic imine (C=N–C) groups is 1. The molecule has 4 heteroatoms. The van der Waals surface area contributed by atoms with E-state index < -0.39 is 5.41 Å². The summed E-state index contributed by atoms with van der Waals surface area (Å²) in [5.41, 5.74) is 6.03. The molecule has 3 aromatic rings. The number of rotatable bonds is 6. The minimum Gasteiger partial charge on any atom is -0.354 e. The third kappa shape index (κ3) is 4.32. The second-order valence-electron chi connectivity index (χ2n) is 8.78. The van der Waals surface area contributed by atoms with Crippen molar-refractivity contribution in [1.82, 2.24) is 5.32 Å². The molecule has 34 heavy (non-hydrogen) atoms. The van der Waals surface area contributed by atoms with Crippen LogP contribution in [0.2, 0.25) is 0 Å². The van der Waals surface area contributed by atoms with Gasteiger partial charge in [0.05, 0.1) is 12.0 Å². The first-order chi connectivity index (χ1) is 16.7. The monoisotopic (exact) mass is 447 g/mol. The predicted octanol–water partition coefficient (Wildman–Crippen LogP) is 5.99. The summed E-state index contributed by atoms with van der Waals surface area (Å²) in [6.45, 7) is 3.63. The molecule has 0 saturated heterocycles. The molecule has 0 bridgehead atoms. The van der Waals surface area contributed by atoms with Crippen molar-refractivity contribution in [2.24, 2.45) is 4.99 Å². The van der Waals surface area contributed by atoms with Crippen LogP contribution in [0, 0.1) is 0 Å². The highest BCUT2D eigenvalue weighted by molar-refractivity contribution is 5.96. The maximum Gasteiger partial charge on any atom is 0.195 e. The number of carbonyl (C=O) groups excluding carboxylic acids is 1. The van der Waals surface area contributed by atoms with Gasteiger partial charge < -0.3 is 10.6 Å². The van der Waals surface area contributed by atoms with Crippen molar-refractivity contribution in [2.75, 3.05) is 18.4 Å². The van der Waals surface area contributed by atoms with Crippen LogP contribution in [0.15, 0.2) is 102 Å². The fourth-order valence-electron chi connectivity index (χ4n) is 4.79. The minimum absolute atomic E-state index is 0.241. The fourth-order valence-corrected chi connectivity index (χ4v) is 4.79. The van der Waals surface area contributed by atoms with Crippen LogP contribution < -0.4 is 10.6 Å². The summed E-state index contributed by atoms with van der Waals surface area (Å²) in [5.74, 6) is 1.06. The van der Waals surface area contributed by atoms with E-state index in [0.717, 1.165) is 41.4 Å². The molecule has 0 spiro atoms.